The average Bonchev–Trinajstić information content (AvgIpc) is 3.07. The van der Waals surface area contributed by atoms with Crippen LogP contribution in [-0.4, -0.2) is 36.7 Å². The normalized spacial score (nSPS) is 11.9. The van der Waals surface area contributed by atoms with Crippen molar-refractivity contribution in [3.8, 4) is 0 Å². The van der Waals surface area contributed by atoms with Gasteiger partial charge in [0, 0.05) is 0 Å². The molecule has 8 nitrogen and oxygen atoms in total. The van der Waals surface area contributed by atoms with Crippen LogP contribution in [0.15, 0.2) is 42.6 Å². The monoisotopic (exact) mass is 295 g/mol. The molecule has 2 aromatic heterocycles. The number of nitrogens with one attached hydrogen (secondary N) is 2. The first kappa shape index (κ1) is 13.8. The number of aromatic nitrogens is 6. The summed E-state index contributed by atoms with van der Waals surface area (Å²) in [4.78, 5) is 12.4. The molecule has 0 fully saturated rings. The van der Waals surface area contributed by atoms with Gasteiger partial charge in [-0.25, -0.2) is 0 Å². The molecule has 0 saturated carbocycles. The summed E-state index contributed by atoms with van der Waals surface area (Å²) in [5.41, 5.74) is 1.95. The van der Waals surface area contributed by atoms with E-state index in [1.54, 1.807) is 13.0 Å². The predicted molar refractivity (Wildman–Crippen MR) is 76.7 cm³/mol. The number of H-pyrrole nitrogens is 1. The van der Waals surface area contributed by atoms with Crippen LogP contribution in [0.2, 0.25) is 0 Å². The minimum Gasteiger partial charge on any atom is -0.338 e. The lowest BCUT2D eigenvalue weighted by Crippen LogP contribution is -2.30. The summed E-state index contributed by atoms with van der Waals surface area (Å²) >= 11 is 0. The van der Waals surface area contributed by atoms with Gasteiger partial charge in [0.1, 0.15) is 6.04 Å². The second kappa shape index (κ2) is 6.08. The van der Waals surface area contributed by atoms with Crippen LogP contribution in [0.5, 0.6) is 0 Å². The van der Waals surface area contributed by atoms with Gasteiger partial charge in [-0.2, -0.15) is 15.4 Å². The summed E-state index contributed by atoms with van der Waals surface area (Å²) in [6.45, 7) is 1.78. The highest BCUT2D eigenvalue weighted by Crippen LogP contribution is 2.18. The Morgan fingerprint density at radius 3 is 2.73 bits per heavy atom. The summed E-state index contributed by atoms with van der Waals surface area (Å²) < 4.78 is 0. The molecule has 3 aromatic rings. The number of hydrogen-bond acceptors (Lipinski definition) is 6. The van der Waals surface area contributed by atoms with E-state index in [9.17, 15) is 4.79 Å². The number of aromatic amines is 1. The number of rotatable bonds is 4. The van der Waals surface area contributed by atoms with E-state index < -0.39 is 6.04 Å². The van der Waals surface area contributed by atoms with Crippen molar-refractivity contribution in [2.24, 2.45) is 0 Å². The third kappa shape index (κ3) is 2.95. The van der Waals surface area contributed by atoms with E-state index in [0.29, 0.717) is 17.1 Å². The Kier molecular flexibility index (Phi) is 3.82. The Bertz CT molecular complexity index is 758. The molecule has 0 saturated heterocycles. The van der Waals surface area contributed by atoms with Crippen molar-refractivity contribution < 1.29 is 4.79 Å². The molecule has 0 aliphatic rings. The van der Waals surface area contributed by atoms with E-state index in [2.05, 4.69) is 36.1 Å². The molecule has 1 amide bonds. The SMILES string of the molecule is Cc1cc(C(=O)NC(c2ccccc2)c2nn[nH]n2)cnn1. The van der Waals surface area contributed by atoms with Gasteiger partial charge in [-0.15, -0.1) is 10.2 Å². The van der Waals surface area contributed by atoms with E-state index in [4.69, 9.17) is 0 Å². The molecule has 3 rings (SSSR count). The summed E-state index contributed by atoms with van der Waals surface area (Å²) in [6.07, 6.45) is 1.42. The lowest BCUT2D eigenvalue weighted by atomic mass is 10.1. The van der Waals surface area contributed by atoms with Gasteiger partial charge >= 0.3 is 0 Å². The Hall–Kier alpha value is -3.16. The van der Waals surface area contributed by atoms with Crippen molar-refractivity contribution in [2.75, 3.05) is 0 Å². The van der Waals surface area contributed by atoms with E-state index in [1.807, 2.05) is 30.3 Å². The fraction of sp³-hybridized carbons (Fsp3) is 0.143. The smallest absolute Gasteiger partial charge is 0.253 e. The largest absolute Gasteiger partial charge is 0.338 e. The number of carbonyl (C=O) groups is 1. The van der Waals surface area contributed by atoms with Crippen molar-refractivity contribution >= 4 is 5.91 Å². The highest BCUT2D eigenvalue weighted by molar-refractivity contribution is 5.94. The summed E-state index contributed by atoms with van der Waals surface area (Å²) in [5, 5.41) is 24.4. The van der Waals surface area contributed by atoms with Crippen LogP contribution in [0.4, 0.5) is 0 Å². The minimum atomic E-state index is -0.499. The number of hydrogen-bond donors (Lipinski definition) is 2. The van der Waals surface area contributed by atoms with Crippen LogP contribution in [-0.2, 0) is 0 Å². The van der Waals surface area contributed by atoms with E-state index >= 15 is 0 Å². The Labute approximate surface area is 126 Å². The topological polar surface area (TPSA) is 109 Å². The zero-order valence-electron chi connectivity index (χ0n) is 11.8. The minimum absolute atomic E-state index is 0.281. The molecule has 1 aromatic carbocycles. The summed E-state index contributed by atoms with van der Waals surface area (Å²) in [6, 6.07) is 10.6. The number of carbonyl (C=O) groups excluding carboxylic acids is 1. The van der Waals surface area contributed by atoms with Gasteiger partial charge in [0.15, 0.2) is 0 Å². The zero-order valence-corrected chi connectivity index (χ0v) is 11.8. The fourth-order valence-corrected chi connectivity index (χ4v) is 2.05. The molecule has 22 heavy (non-hydrogen) atoms. The van der Waals surface area contributed by atoms with Gasteiger partial charge in [0.2, 0.25) is 5.82 Å². The molecule has 110 valence electrons. The molecule has 0 spiro atoms. The molecule has 2 N–H and O–H groups in total. The fourth-order valence-electron chi connectivity index (χ4n) is 2.05. The molecule has 0 radical (unpaired) electrons. The highest BCUT2D eigenvalue weighted by Gasteiger charge is 2.21. The van der Waals surface area contributed by atoms with Gasteiger partial charge in [0.25, 0.3) is 5.91 Å². The van der Waals surface area contributed by atoms with E-state index in [-0.39, 0.29) is 5.91 Å². The Balaban J connectivity index is 1.89. The maximum Gasteiger partial charge on any atom is 0.253 e. The summed E-state index contributed by atoms with van der Waals surface area (Å²) in [7, 11) is 0. The van der Waals surface area contributed by atoms with Crippen LogP contribution in [0.3, 0.4) is 0 Å². The van der Waals surface area contributed by atoms with Crippen molar-refractivity contribution in [3.05, 3.63) is 65.2 Å². The third-order valence-electron chi connectivity index (χ3n) is 3.07. The predicted octanol–water partition coefficient (Wildman–Crippen LogP) is 0.818. The lowest BCUT2D eigenvalue weighted by Gasteiger charge is -2.15. The quantitative estimate of drug-likeness (QED) is 0.737. The summed E-state index contributed by atoms with van der Waals surface area (Å²) in [5.74, 6) is 0.106. The average molecular weight is 295 g/mol. The van der Waals surface area contributed by atoms with E-state index in [0.717, 1.165) is 5.56 Å². The number of amides is 1. The van der Waals surface area contributed by atoms with Crippen LogP contribution >= 0.6 is 0 Å². The molecule has 8 heteroatoms. The van der Waals surface area contributed by atoms with Gasteiger partial charge in [-0.1, -0.05) is 35.5 Å². The van der Waals surface area contributed by atoms with Crippen molar-refractivity contribution in [3.63, 3.8) is 0 Å². The highest BCUT2D eigenvalue weighted by atomic mass is 16.1. The molecule has 0 aliphatic heterocycles. The zero-order chi connectivity index (χ0) is 15.4. The van der Waals surface area contributed by atoms with Gasteiger partial charge < -0.3 is 5.32 Å². The first-order chi connectivity index (χ1) is 10.7. The Morgan fingerprint density at radius 2 is 2.05 bits per heavy atom. The lowest BCUT2D eigenvalue weighted by molar-refractivity contribution is 0.0941. The van der Waals surface area contributed by atoms with Crippen molar-refractivity contribution in [1.29, 1.82) is 0 Å². The van der Waals surface area contributed by atoms with Crippen LogP contribution in [0.25, 0.3) is 0 Å². The number of aryl methyl sites for hydroxylation is 1. The van der Waals surface area contributed by atoms with Gasteiger partial charge in [0.05, 0.1) is 17.5 Å². The van der Waals surface area contributed by atoms with Gasteiger partial charge in [-0.3, -0.25) is 4.79 Å². The molecule has 1 atom stereocenters. The van der Waals surface area contributed by atoms with Crippen molar-refractivity contribution in [1.82, 2.24) is 36.1 Å². The number of tetrazole rings is 1. The van der Waals surface area contributed by atoms with Crippen LogP contribution < -0.4 is 5.32 Å². The second-order valence-corrected chi connectivity index (χ2v) is 4.67. The molecule has 2 heterocycles. The maximum absolute atomic E-state index is 12.4. The van der Waals surface area contributed by atoms with E-state index in [1.165, 1.54) is 6.20 Å². The number of benzene rings is 1. The molecular formula is C14H13N7O. The standard InChI is InChI=1S/C14H13N7O/c1-9-7-11(8-15-17-9)14(22)16-12(13-18-20-21-19-13)10-5-3-2-4-6-10/h2-8,12H,1H3,(H,16,22)(H,18,19,20,21). The van der Waals surface area contributed by atoms with Crippen molar-refractivity contribution in [2.45, 2.75) is 13.0 Å². The van der Waals surface area contributed by atoms with Crippen LogP contribution in [0.1, 0.15) is 33.5 Å². The molecule has 0 aliphatic carbocycles. The maximum atomic E-state index is 12.4. The van der Waals surface area contributed by atoms with Gasteiger partial charge in [-0.05, 0) is 18.6 Å². The second-order valence-electron chi connectivity index (χ2n) is 4.67. The molecule has 0 bridgehead atoms. The Morgan fingerprint density at radius 1 is 1.23 bits per heavy atom. The molecule has 1 unspecified atom stereocenters. The third-order valence-corrected chi connectivity index (χ3v) is 3.07. The first-order valence-electron chi connectivity index (χ1n) is 6.62. The first-order valence-corrected chi connectivity index (χ1v) is 6.62. The van der Waals surface area contributed by atoms with Crippen LogP contribution in [0, 0.1) is 6.92 Å². The molecular weight excluding hydrogens is 282 g/mol. The number of nitrogens with zero attached hydrogens (tertiary/aromatic N) is 5.